The highest BCUT2D eigenvalue weighted by molar-refractivity contribution is 5.80. The number of hydrogen-bond donors (Lipinski definition) is 0. The van der Waals surface area contributed by atoms with Crippen molar-refractivity contribution < 1.29 is 4.79 Å². The van der Waals surface area contributed by atoms with Gasteiger partial charge in [-0.15, -0.1) is 0 Å². The highest BCUT2D eigenvalue weighted by atomic mass is 16.2. The molecule has 2 aromatic rings. The minimum atomic E-state index is -0.294. The lowest BCUT2D eigenvalue weighted by Crippen LogP contribution is -2.39. The van der Waals surface area contributed by atoms with Crippen LogP contribution in [0.15, 0.2) is 42.7 Å². The third-order valence-electron chi connectivity index (χ3n) is 4.45. The van der Waals surface area contributed by atoms with E-state index in [1.54, 1.807) is 10.9 Å². The van der Waals surface area contributed by atoms with E-state index in [1.807, 2.05) is 48.4 Å². The van der Waals surface area contributed by atoms with Gasteiger partial charge in [0.05, 0.1) is 11.3 Å². The fourth-order valence-corrected chi connectivity index (χ4v) is 3.11. The monoisotopic (exact) mass is 323 g/mol. The molecule has 1 aromatic heterocycles. The first-order valence-electron chi connectivity index (χ1n) is 8.22. The lowest BCUT2D eigenvalue weighted by atomic mass is 10.1. The van der Waals surface area contributed by atoms with E-state index in [9.17, 15) is 10.1 Å². The van der Waals surface area contributed by atoms with Gasteiger partial charge in [-0.25, -0.2) is 0 Å². The largest absolute Gasteiger partial charge is 0.369 e. The van der Waals surface area contributed by atoms with Crippen molar-refractivity contribution in [1.82, 2.24) is 14.7 Å². The van der Waals surface area contributed by atoms with Gasteiger partial charge in [0.2, 0.25) is 5.91 Å². The third kappa shape index (κ3) is 3.25. The summed E-state index contributed by atoms with van der Waals surface area (Å²) in [5, 5.41) is 13.5. The molecule has 6 heteroatoms. The summed E-state index contributed by atoms with van der Waals surface area (Å²) in [5.74, 6) is 0.0918. The molecule has 0 N–H and O–H groups in total. The van der Waals surface area contributed by atoms with Gasteiger partial charge in [-0.1, -0.05) is 12.1 Å². The number of nitriles is 1. The van der Waals surface area contributed by atoms with E-state index in [-0.39, 0.29) is 11.9 Å². The first-order chi connectivity index (χ1) is 11.7. The Hall–Kier alpha value is -2.81. The van der Waals surface area contributed by atoms with Gasteiger partial charge in [0.25, 0.3) is 0 Å². The number of hydrogen-bond acceptors (Lipinski definition) is 4. The van der Waals surface area contributed by atoms with Crippen molar-refractivity contribution >= 4 is 11.6 Å². The SMILES string of the molecule is C[C@H](C(=O)N1CCCN(c2ccccc2C#N)CC1)n1cccn1. The zero-order valence-corrected chi connectivity index (χ0v) is 13.8. The van der Waals surface area contributed by atoms with E-state index >= 15 is 0 Å². The molecule has 3 rings (SSSR count). The first-order valence-corrected chi connectivity index (χ1v) is 8.22. The van der Waals surface area contributed by atoms with Crippen molar-refractivity contribution in [2.45, 2.75) is 19.4 Å². The zero-order valence-electron chi connectivity index (χ0n) is 13.8. The Labute approximate surface area is 141 Å². The lowest BCUT2D eigenvalue weighted by Gasteiger charge is -2.26. The molecular formula is C18H21N5O. The highest BCUT2D eigenvalue weighted by Crippen LogP contribution is 2.21. The number of aromatic nitrogens is 2. The highest BCUT2D eigenvalue weighted by Gasteiger charge is 2.25. The molecule has 0 unspecified atom stereocenters. The van der Waals surface area contributed by atoms with E-state index < -0.39 is 0 Å². The number of nitrogens with zero attached hydrogens (tertiary/aromatic N) is 5. The maximum absolute atomic E-state index is 12.7. The summed E-state index contributed by atoms with van der Waals surface area (Å²) in [4.78, 5) is 16.8. The summed E-state index contributed by atoms with van der Waals surface area (Å²) in [5.41, 5.74) is 1.64. The van der Waals surface area contributed by atoms with Gasteiger partial charge < -0.3 is 9.80 Å². The van der Waals surface area contributed by atoms with Crippen molar-refractivity contribution in [3.05, 3.63) is 48.3 Å². The van der Waals surface area contributed by atoms with Gasteiger partial charge in [-0.05, 0) is 31.5 Å². The Bertz CT molecular complexity index is 734. The molecular weight excluding hydrogens is 302 g/mol. The predicted octanol–water partition coefficient (Wildman–Crippen LogP) is 2.05. The summed E-state index contributed by atoms with van der Waals surface area (Å²) < 4.78 is 1.69. The molecule has 0 spiro atoms. The number of carbonyl (C=O) groups excluding carboxylic acids is 1. The van der Waals surface area contributed by atoms with Crippen LogP contribution in [-0.4, -0.2) is 46.8 Å². The molecule has 1 aliphatic rings. The van der Waals surface area contributed by atoms with Crippen molar-refractivity contribution in [1.29, 1.82) is 5.26 Å². The molecule has 0 bridgehead atoms. The second kappa shape index (κ2) is 7.18. The Balaban J connectivity index is 1.69. The quantitative estimate of drug-likeness (QED) is 0.867. The molecule has 6 nitrogen and oxygen atoms in total. The predicted molar refractivity (Wildman–Crippen MR) is 91.5 cm³/mol. The van der Waals surface area contributed by atoms with Crippen LogP contribution < -0.4 is 4.90 Å². The van der Waals surface area contributed by atoms with E-state index in [4.69, 9.17) is 0 Å². The molecule has 1 aliphatic heterocycles. The molecule has 1 saturated heterocycles. The zero-order chi connectivity index (χ0) is 16.9. The molecule has 124 valence electrons. The molecule has 2 heterocycles. The topological polar surface area (TPSA) is 65.2 Å². The number of benzene rings is 1. The summed E-state index contributed by atoms with van der Waals surface area (Å²) in [7, 11) is 0. The minimum Gasteiger partial charge on any atom is -0.369 e. The van der Waals surface area contributed by atoms with Gasteiger partial charge in [-0.2, -0.15) is 10.4 Å². The number of anilines is 1. The van der Waals surface area contributed by atoms with Gasteiger partial charge >= 0.3 is 0 Å². The normalized spacial score (nSPS) is 16.3. The molecule has 1 atom stereocenters. The average Bonchev–Trinajstić information content (AvgIpc) is 3.05. The standard InChI is InChI=1S/C18H21N5O/c1-15(23-11-4-8-20-23)18(24)22-10-5-9-21(12-13-22)17-7-3-2-6-16(17)14-19/h2-4,6-8,11,15H,5,9-10,12-13H2,1H3/t15-/m1/s1. The maximum atomic E-state index is 12.7. The Morgan fingerprint density at radius 3 is 2.79 bits per heavy atom. The average molecular weight is 323 g/mol. The lowest BCUT2D eigenvalue weighted by molar-refractivity contribution is -0.134. The second-order valence-electron chi connectivity index (χ2n) is 5.96. The second-order valence-corrected chi connectivity index (χ2v) is 5.96. The third-order valence-corrected chi connectivity index (χ3v) is 4.45. The van der Waals surface area contributed by atoms with Crippen molar-refractivity contribution in [3.63, 3.8) is 0 Å². The van der Waals surface area contributed by atoms with Crippen LogP contribution in [0.3, 0.4) is 0 Å². The molecule has 0 radical (unpaired) electrons. The molecule has 24 heavy (non-hydrogen) atoms. The number of carbonyl (C=O) groups is 1. The summed E-state index contributed by atoms with van der Waals surface area (Å²) in [6.07, 6.45) is 4.39. The van der Waals surface area contributed by atoms with E-state index in [2.05, 4.69) is 16.1 Å². The van der Waals surface area contributed by atoms with Crippen LogP contribution in [0.5, 0.6) is 0 Å². The van der Waals surface area contributed by atoms with E-state index in [0.29, 0.717) is 12.1 Å². The fraction of sp³-hybridized carbons (Fsp3) is 0.389. The molecule has 1 fully saturated rings. The fourth-order valence-electron chi connectivity index (χ4n) is 3.11. The summed E-state index contributed by atoms with van der Waals surface area (Å²) in [6, 6.07) is 11.4. The van der Waals surface area contributed by atoms with Crippen LogP contribution in [0.2, 0.25) is 0 Å². The van der Waals surface area contributed by atoms with Crippen LogP contribution in [0.1, 0.15) is 24.9 Å². The molecule has 0 aliphatic carbocycles. The van der Waals surface area contributed by atoms with E-state index in [0.717, 1.165) is 31.7 Å². The van der Waals surface area contributed by atoms with Crippen molar-refractivity contribution in [2.24, 2.45) is 0 Å². The summed E-state index contributed by atoms with van der Waals surface area (Å²) in [6.45, 7) is 4.84. The van der Waals surface area contributed by atoms with Crippen molar-refractivity contribution in [3.8, 4) is 6.07 Å². The maximum Gasteiger partial charge on any atom is 0.247 e. The van der Waals surface area contributed by atoms with Crippen LogP contribution >= 0.6 is 0 Å². The number of amides is 1. The molecule has 1 aromatic carbocycles. The van der Waals surface area contributed by atoms with Gasteiger partial charge in [0, 0.05) is 38.6 Å². The number of para-hydroxylation sites is 1. The number of rotatable bonds is 3. The Kier molecular flexibility index (Phi) is 4.80. The van der Waals surface area contributed by atoms with Crippen LogP contribution in [-0.2, 0) is 4.79 Å². The van der Waals surface area contributed by atoms with Crippen LogP contribution in [0, 0.1) is 11.3 Å². The minimum absolute atomic E-state index is 0.0918. The Morgan fingerprint density at radius 1 is 1.21 bits per heavy atom. The van der Waals surface area contributed by atoms with Crippen molar-refractivity contribution in [2.75, 3.05) is 31.1 Å². The summed E-state index contributed by atoms with van der Waals surface area (Å²) >= 11 is 0. The van der Waals surface area contributed by atoms with Gasteiger partial charge in [0.1, 0.15) is 12.1 Å². The Morgan fingerprint density at radius 2 is 2.04 bits per heavy atom. The van der Waals surface area contributed by atoms with Gasteiger partial charge in [0.15, 0.2) is 0 Å². The smallest absolute Gasteiger partial charge is 0.247 e. The van der Waals surface area contributed by atoms with Crippen LogP contribution in [0.4, 0.5) is 5.69 Å². The van der Waals surface area contributed by atoms with E-state index in [1.165, 1.54) is 0 Å². The molecule has 1 amide bonds. The van der Waals surface area contributed by atoms with Gasteiger partial charge in [-0.3, -0.25) is 9.48 Å². The first kappa shape index (κ1) is 16.1. The van der Waals surface area contributed by atoms with Crippen LogP contribution in [0.25, 0.3) is 0 Å². The molecule has 0 saturated carbocycles.